The normalized spacial score (nSPS) is 28.3. The topological polar surface area (TPSA) is 60.2 Å². The maximum Gasteiger partial charge on any atom is 0.181 e. The third kappa shape index (κ3) is 2.98. The zero-order valence-corrected chi connectivity index (χ0v) is 11.9. The maximum atomic E-state index is 12.9. The van der Waals surface area contributed by atoms with Gasteiger partial charge in [-0.25, -0.2) is 12.8 Å². The van der Waals surface area contributed by atoms with Gasteiger partial charge >= 0.3 is 0 Å². The molecular formula is C14H20FNO2S. The van der Waals surface area contributed by atoms with Crippen LogP contribution >= 0.6 is 0 Å². The van der Waals surface area contributed by atoms with Crippen LogP contribution in [0.4, 0.5) is 4.39 Å². The molecule has 0 saturated heterocycles. The van der Waals surface area contributed by atoms with Gasteiger partial charge in [0.05, 0.1) is 10.1 Å². The molecule has 0 heterocycles. The van der Waals surface area contributed by atoms with Crippen molar-refractivity contribution in [3.8, 4) is 0 Å². The minimum absolute atomic E-state index is 0.00579. The Bertz CT molecular complexity index is 527. The standard InChI is InChI=1S/C14H20FNO2S/c1-10-2-3-11(9-16)14(8-10)19(17,18)13-6-4-12(15)5-7-13/h4-7,10-11,14H,2-3,8-9,16H2,1H3. The molecule has 0 radical (unpaired) electrons. The largest absolute Gasteiger partial charge is 0.330 e. The molecule has 3 nitrogen and oxygen atoms in total. The Kier molecular flexibility index (Phi) is 4.26. The summed E-state index contributed by atoms with van der Waals surface area (Å²) in [7, 11) is -3.42. The first-order valence-electron chi connectivity index (χ1n) is 6.64. The number of nitrogens with two attached hydrogens (primary N) is 1. The molecular weight excluding hydrogens is 265 g/mol. The third-order valence-corrected chi connectivity index (χ3v) is 6.34. The summed E-state index contributed by atoms with van der Waals surface area (Å²) in [5, 5.41) is -0.438. The van der Waals surface area contributed by atoms with E-state index in [9.17, 15) is 12.8 Å². The van der Waals surface area contributed by atoms with Gasteiger partial charge in [-0.3, -0.25) is 0 Å². The molecule has 0 spiro atoms. The highest BCUT2D eigenvalue weighted by Gasteiger charge is 2.37. The lowest BCUT2D eigenvalue weighted by Gasteiger charge is -2.33. The van der Waals surface area contributed by atoms with Crippen LogP contribution in [0.15, 0.2) is 29.2 Å². The zero-order chi connectivity index (χ0) is 14.0. The highest BCUT2D eigenvalue weighted by molar-refractivity contribution is 7.92. The minimum atomic E-state index is -3.42. The van der Waals surface area contributed by atoms with Crippen LogP contribution in [0.3, 0.4) is 0 Å². The molecule has 2 N–H and O–H groups in total. The van der Waals surface area contributed by atoms with Gasteiger partial charge < -0.3 is 5.73 Å². The maximum absolute atomic E-state index is 12.9. The molecule has 0 aliphatic heterocycles. The van der Waals surface area contributed by atoms with E-state index in [-0.39, 0.29) is 10.8 Å². The number of benzene rings is 1. The average molecular weight is 285 g/mol. The predicted molar refractivity (Wildman–Crippen MR) is 72.9 cm³/mol. The Hall–Kier alpha value is -0.940. The van der Waals surface area contributed by atoms with Crippen LogP contribution in [0.5, 0.6) is 0 Å². The number of hydrogen-bond acceptors (Lipinski definition) is 3. The van der Waals surface area contributed by atoms with Crippen LogP contribution in [-0.2, 0) is 9.84 Å². The van der Waals surface area contributed by atoms with E-state index in [1.807, 2.05) is 0 Å². The fraction of sp³-hybridized carbons (Fsp3) is 0.571. The number of sulfone groups is 1. The molecule has 3 unspecified atom stereocenters. The van der Waals surface area contributed by atoms with Gasteiger partial charge in [-0.1, -0.05) is 13.3 Å². The van der Waals surface area contributed by atoms with Gasteiger partial charge in [0.15, 0.2) is 9.84 Å². The SMILES string of the molecule is CC1CCC(CN)C(S(=O)(=O)c2ccc(F)cc2)C1. The van der Waals surface area contributed by atoms with Crippen LogP contribution in [0, 0.1) is 17.7 Å². The van der Waals surface area contributed by atoms with Gasteiger partial charge in [-0.05, 0) is 55.5 Å². The van der Waals surface area contributed by atoms with Gasteiger partial charge in [0, 0.05) is 0 Å². The lowest BCUT2D eigenvalue weighted by molar-refractivity contribution is 0.296. The molecule has 1 aromatic rings. The summed E-state index contributed by atoms with van der Waals surface area (Å²) in [4.78, 5) is 0.200. The zero-order valence-electron chi connectivity index (χ0n) is 11.0. The highest BCUT2D eigenvalue weighted by atomic mass is 32.2. The fourth-order valence-electron chi connectivity index (χ4n) is 2.84. The molecule has 1 aromatic carbocycles. The Morgan fingerprint density at radius 1 is 1.26 bits per heavy atom. The van der Waals surface area contributed by atoms with Gasteiger partial charge in [-0.15, -0.1) is 0 Å². The molecule has 0 amide bonds. The Morgan fingerprint density at radius 2 is 1.89 bits per heavy atom. The number of halogens is 1. The third-order valence-electron chi connectivity index (χ3n) is 4.03. The highest BCUT2D eigenvalue weighted by Crippen LogP contribution is 2.35. The molecule has 1 saturated carbocycles. The summed E-state index contributed by atoms with van der Waals surface area (Å²) in [5.41, 5.74) is 5.71. The van der Waals surface area contributed by atoms with Crippen molar-refractivity contribution in [2.24, 2.45) is 17.6 Å². The van der Waals surface area contributed by atoms with Crippen LogP contribution < -0.4 is 5.73 Å². The Morgan fingerprint density at radius 3 is 2.47 bits per heavy atom. The van der Waals surface area contributed by atoms with Crippen molar-refractivity contribution in [1.29, 1.82) is 0 Å². The summed E-state index contributed by atoms with van der Waals surface area (Å²) < 4.78 is 38.2. The molecule has 1 fully saturated rings. The van der Waals surface area contributed by atoms with Crippen molar-refractivity contribution < 1.29 is 12.8 Å². The summed E-state index contributed by atoms with van der Waals surface area (Å²) in [6.45, 7) is 2.46. The van der Waals surface area contributed by atoms with Crippen molar-refractivity contribution in [2.75, 3.05) is 6.54 Å². The first-order valence-corrected chi connectivity index (χ1v) is 8.19. The lowest BCUT2D eigenvalue weighted by atomic mass is 9.82. The van der Waals surface area contributed by atoms with Crippen LogP contribution in [-0.4, -0.2) is 20.2 Å². The second-order valence-electron chi connectivity index (χ2n) is 5.45. The fourth-order valence-corrected chi connectivity index (χ4v) is 5.04. The van der Waals surface area contributed by atoms with E-state index in [0.29, 0.717) is 18.9 Å². The molecule has 5 heteroatoms. The average Bonchev–Trinajstić information content (AvgIpc) is 2.39. The number of hydrogen-bond donors (Lipinski definition) is 1. The summed E-state index contributed by atoms with van der Waals surface area (Å²) in [5.74, 6) is -0.0272. The van der Waals surface area contributed by atoms with E-state index >= 15 is 0 Å². The molecule has 1 aliphatic rings. The van der Waals surface area contributed by atoms with Crippen molar-refractivity contribution in [2.45, 2.75) is 36.3 Å². The Balaban J connectivity index is 2.33. The van der Waals surface area contributed by atoms with E-state index in [1.165, 1.54) is 24.3 Å². The molecule has 106 valence electrons. The van der Waals surface area contributed by atoms with Crippen LogP contribution in [0.1, 0.15) is 26.2 Å². The van der Waals surface area contributed by atoms with E-state index < -0.39 is 20.9 Å². The first-order chi connectivity index (χ1) is 8.95. The first kappa shape index (κ1) is 14.5. The smallest absolute Gasteiger partial charge is 0.181 e. The van der Waals surface area contributed by atoms with Gasteiger partial charge in [0.2, 0.25) is 0 Å². The van der Waals surface area contributed by atoms with Crippen LogP contribution in [0.25, 0.3) is 0 Å². The van der Waals surface area contributed by atoms with Gasteiger partial charge in [0.25, 0.3) is 0 Å². The van der Waals surface area contributed by atoms with E-state index in [0.717, 1.165) is 12.8 Å². The van der Waals surface area contributed by atoms with Crippen LogP contribution in [0.2, 0.25) is 0 Å². The monoisotopic (exact) mass is 285 g/mol. The van der Waals surface area contributed by atoms with Crippen molar-refractivity contribution in [3.63, 3.8) is 0 Å². The quantitative estimate of drug-likeness (QED) is 0.867. The molecule has 1 aliphatic carbocycles. The second kappa shape index (κ2) is 5.59. The molecule has 19 heavy (non-hydrogen) atoms. The van der Waals surface area contributed by atoms with E-state index in [2.05, 4.69) is 6.92 Å². The molecule has 2 rings (SSSR count). The summed E-state index contributed by atoms with van der Waals surface area (Å²) in [6.07, 6.45) is 2.52. The molecule has 0 aromatic heterocycles. The summed E-state index contributed by atoms with van der Waals surface area (Å²) >= 11 is 0. The van der Waals surface area contributed by atoms with Crippen molar-refractivity contribution in [1.82, 2.24) is 0 Å². The molecule has 0 bridgehead atoms. The van der Waals surface area contributed by atoms with E-state index in [4.69, 9.17) is 5.73 Å². The van der Waals surface area contributed by atoms with Crippen molar-refractivity contribution in [3.05, 3.63) is 30.1 Å². The minimum Gasteiger partial charge on any atom is -0.330 e. The Labute approximate surface area is 113 Å². The predicted octanol–water partition coefficient (Wildman–Crippen LogP) is 2.36. The second-order valence-corrected chi connectivity index (χ2v) is 7.62. The van der Waals surface area contributed by atoms with Crippen molar-refractivity contribution >= 4 is 9.84 Å². The number of rotatable bonds is 3. The summed E-state index contributed by atoms with van der Waals surface area (Å²) in [6, 6.07) is 5.07. The molecule has 3 atom stereocenters. The van der Waals surface area contributed by atoms with E-state index in [1.54, 1.807) is 0 Å². The lowest BCUT2D eigenvalue weighted by Crippen LogP contribution is -2.39. The van der Waals surface area contributed by atoms with Gasteiger partial charge in [0.1, 0.15) is 5.82 Å². The van der Waals surface area contributed by atoms with Gasteiger partial charge in [-0.2, -0.15) is 0 Å².